The van der Waals surface area contributed by atoms with E-state index in [1.54, 1.807) is 14.2 Å². The first kappa shape index (κ1) is 23.1. The maximum atomic E-state index is 5.39. The molecule has 2 aliphatic rings. The van der Waals surface area contributed by atoms with E-state index < -0.39 is 0 Å². The summed E-state index contributed by atoms with van der Waals surface area (Å²) in [5.41, 5.74) is 8.52. The lowest BCUT2D eigenvalue weighted by atomic mass is 9.79. The Labute approximate surface area is 204 Å². The van der Waals surface area contributed by atoms with E-state index >= 15 is 0 Å². The lowest BCUT2D eigenvalue weighted by molar-refractivity contribution is -0.115. The molecule has 1 atom stereocenters. The van der Waals surface area contributed by atoms with Crippen molar-refractivity contribution < 1.29 is 9.47 Å². The first-order valence-corrected chi connectivity index (χ1v) is 12.8. The van der Waals surface area contributed by atoms with Crippen molar-refractivity contribution in [2.24, 2.45) is 5.92 Å². The Bertz CT molecular complexity index is 1050. The van der Waals surface area contributed by atoms with Crippen molar-refractivity contribution in [2.75, 3.05) is 32.2 Å². The fourth-order valence-electron chi connectivity index (χ4n) is 5.80. The Kier molecular flexibility index (Phi) is 7.32. The predicted octanol–water partition coefficient (Wildman–Crippen LogP) is 6.85. The molecular formula is C31H37NO2. The molecule has 0 amide bonds. The molecule has 3 aromatic rings. The van der Waals surface area contributed by atoms with Crippen molar-refractivity contribution in [3.63, 3.8) is 0 Å². The number of piperidine rings is 1. The summed E-state index contributed by atoms with van der Waals surface area (Å²) in [6.07, 6.45) is 6.87. The van der Waals surface area contributed by atoms with Crippen molar-refractivity contribution >= 4 is 5.69 Å². The van der Waals surface area contributed by atoms with Crippen LogP contribution in [-0.4, -0.2) is 33.6 Å². The van der Waals surface area contributed by atoms with Crippen LogP contribution in [0, 0.1) is 5.92 Å². The van der Waals surface area contributed by atoms with Gasteiger partial charge < -0.3 is 14.4 Å². The van der Waals surface area contributed by atoms with Crippen LogP contribution >= 0.6 is 0 Å². The number of ether oxygens (including phenoxy) is 2. The number of benzene rings is 3. The number of fused-ring (bicyclic) bond motifs is 1. The van der Waals surface area contributed by atoms with Crippen LogP contribution in [-0.2, 0) is 22.3 Å². The summed E-state index contributed by atoms with van der Waals surface area (Å²) in [5, 5.41) is 0. The summed E-state index contributed by atoms with van der Waals surface area (Å²) >= 11 is 0. The van der Waals surface area contributed by atoms with E-state index in [1.807, 2.05) is 0 Å². The predicted molar refractivity (Wildman–Crippen MR) is 140 cm³/mol. The van der Waals surface area contributed by atoms with E-state index in [-0.39, 0.29) is 6.29 Å². The molecule has 34 heavy (non-hydrogen) atoms. The highest BCUT2D eigenvalue weighted by Crippen LogP contribution is 2.35. The molecule has 0 saturated carbocycles. The second kappa shape index (κ2) is 10.8. The normalized spacial score (nSPS) is 18.8. The van der Waals surface area contributed by atoms with Crippen LogP contribution in [0.4, 0.5) is 5.69 Å². The number of methoxy groups -OCH3 is 2. The highest BCUT2D eigenvalue weighted by molar-refractivity contribution is 5.68. The fraction of sp³-hybridized carbons (Fsp3) is 0.419. The van der Waals surface area contributed by atoms with Gasteiger partial charge in [-0.3, -0.25) is 0 Å². The Morgan fingerprint density at radius 2 is 1.50 bits per heavy atom. The summed E-state index contributed by atoms with van der Waals surface area (Å²) in [6, 6.07) is 27.3. The number of hydrogen-bond donors (Lipinski definition) is 0. The molecule has 0 N–H and O–H groups in total. The van der Waals surface area contributed by atoms with E-state index in [4.69, 9.17) is 9.47 Å². The van der Waals surface area contributed by atoms with Crippen LogP contribution in [0.1, 0.15) is 48.3 Å². The number of nitrogens with zero attached hydrogens (tertiary/aromatic N) is 1. The molecule has 178 valence electrons. The topological polar surface area (TPSA) is 21.7 Å². The molecule has 3 heteroatoms. The molecule has 1 unspecified atom stereocenters. The summed E-state index contributed by atoms with van der Waals surface area (Å²) in [6.45, 7) is 2.21. The maximum absolute atomic E-state index is 5.39. The van der Waals surface area contributed by atoms with Crippen molar-refractivity contribution in [1.29, 1.82) is 0 Å². The van der Waals surface area contributed by atoms with E-state index in [0.29, 0.717) is 11.8 Å². The van der Waals surface area contributed by atoms with Crippen LogP contribution in [0.2, 0.25) is 0 Å². The zero-order valence-electron chi connectivity index (χ0n) is 20.6. The Morgan fingerprint density at radius 1 is 0.794 bits per heavy atom. The van der Waals surface area contributed by atoms with Crippen molar-refractivity contribution in [3.8, 4) is 11.1 Å². The second-order valence-corrected chi connectivity index (χ2v) is 9.95. The highest BCUT2D eigenvalue weighted by Gasteiger charge is 2.23. The van der Waals surface area contributed by atoms with Gasteiger partial charge in [0.15, 0.2) is 6.29 Å². The largest absolute Gasteiger partial charge is 0.372 e. The molecule has 5 rings (SSSR count). The number of rotatable bonds is 7. The van der Waals surface area contributed by atoms with Crippen LogP contribution in [0.3, 0.4) is 0 Å². The molecule has 1 heterocycles. The van der Waals surface area contributed by atoms with Crippen molar-refractivity contribution in [3.05, 3.63) is 89.5 Å². The molecule has 0 bridgehead atoms. The Hall–Kier alpha value is -2.62. The number of anilines is 1. The van der Waals surface area contributed by atoms with Gasteiger partial charge in [-0.2, -0.15) is 0 Å². The Balaban J connectivity index is 1.21. The maximum Gasteiger partial charge on any atom is 0.157 e. The van der Waals surface area contributed by atoms with E-state index in [1.165, 1.54) is 59.2 Å². The molecule has 0 aromatic heterocycles. The molecule has 1 saturated heterocycles. The minimum Gasteiger partial charge on any atom is -0.372 e. The van der Waals surface area contributed by atoms with Gasteiger partial charge in [0.2, 0.25) is 0 Å². The molecule has 1 fully saturated rings. The summed E-state index contributed by atoms with van der Waals surface area (Å²) in [5.74, 6) is 1.33. The average molecular weight is 456 g/mol. The summed E-state index contributed by atoms with van der Waals surface area (Å²) in [7, 11) is 3.46. The zero-order valence-corrected chi connectivity index (χ0v) is 20.6. The van der Waals surface area contributed by atoms with Gasteiger partial charge >= 0.3 is 0 Å². The Morgan fingerprint density at radius 3 is 2.21 bits per heavy atom. The van der Waals surface area contributed by atoms with Crippen molar-refractivity contribution in [2.45, 2.75) is 50.7 Å². The van der Waals surface area contributed by atoms with Gasteiger partial charge in [-0.05, 0) is 83.9 Å². The van der Waals surface area contributed by atoms with Crippen LogP contribution in [0.5, 0.6) is 0 Å². The highest BCUT2D eigenvalue weighted by atomic mass is 16.7. The number of hydrogen-bond acceptors (Lipinski definition) is 3. The third-order valence-corrected chi connectivity index (χ3v) is 7.94. The van der Waals surface area contributed by atoms with Crippen LogP contribution in [0.15, 0.2) is 72.8 Å². The minimum atomic E-state index is -0.0725. The SMILES string of the molecule is COC(CC1CCN(c2ccc(-c3ccc4c(c3)CCC(c3ccccc3)C4)cc2)CC1)OC. The third-order valence-electron chi connectivity index (χ3n) is 7.94. The lowest BCUT2D eigenvalue weighted by Crippen LogP contribution is -2.35. The van der Waals surface area contributed by atoms with Gasteiger partial charge in [0.1, 0.15) is 0 Å². The van der Waals surface area contributed by atoms with E-state index in [9.17, 15) is 0 Å². The van der Waals surface area contributed by atoms with Crippen LogP contribution in [0.25, 0.3) is 11.1 Å². The first-order chi connectivity index (χ1) is 16.7. The zero-order chi connectivity index (χ0) is 23.3. The first-order valence-electron chi connectivity index (χ1n) is 12.8. The molecule has 3 aromatic carbocycles. The molecule has 3 nitrogen and oxygen atoms in total. The second-order valence-electron chi connectivity index (χ2n) is 9.95. The van der Waals surface area contributed by atoms with Gasteiger partial charge in [-0.25, -0.2) is 0 Å². The van der Waals surface area contributed by atoms with Crippen LogP contribution < -0.4 is 4.90 Å². The molecule has 1 aliphatic carbocycles. The fourth-order valence-corrected chi connectivity index (χ4v) is 5.80. The van der Waals surface area contributed by atoms with Gasteiger partial charge in [0.05, 0.1) is 0 Å². The average Bonchev–Trinajstić information content (AvgIpc) is 2.92. The quantitative estimate of drug-likeness (QED) is 0.364. The molecule has 0 radical (unpaired) electrons. The van der Waals surface area contributed by atoms with Gasteiger partial charge in [-0.15, -0.1) is 0 Å². The smallest absolute Gasteiger partial charge is 0.157 e. The molecule has 0 spiro atoms. The third kappa shape index (κ3) is 5.21. The van der Waals surface area contributed by atoms with Crippen molar-refractivity contribution in [1.82, 2.24) is 0 Å². The van der Waals surface area contributed by atoms with Gasteiger partial charge in [0.25, 0.3) is 0 Å². The standard InChI is InChI=1S/C31H37NO2/c1-33-31(34-2)20-23-16-18-32(19-17-23)30-14-12-25(13-15-30)27-9-11-28-21-26(8-10-29(28)22-27)24-6-4-3-5-7-24/h3-7,9,11-15,22-23,26,31H,8,10,16-21H2,1-2H3. The lowest BCUT2D eigenvalue weighted by Gasteiger charge is -2.34. The van der Waals surface area contributed by atoms with Gasteiger partial charge in [-0.1, -0.05) is 60.7 Å². The minimum absolute atomic E-state index is 0.0725. The van der Waals surface area contributed by atoms with Gasteiger partial charge in [0, 0.05) is 39.4 Å². The van der Waals surface area contributed by atoms with E-state index in [2.05, 4.69) is 77.7 Å². The molecular weight excluding hydrogens is 418 g/mol. The molecule has 1 aliphatic heterocycles. The van der Waals surface area contributed by atoms with E-state index in [0.717, 1.165) is 25.9 Å². The summed E-state index contributed by atoms with van der Waals surface area (Å²) in [4.78, 5) is 2.52. The monoisotopic (exact) mass is 455 g/mol. The number of aryl methyl sites for hydroxylation is 1. The summed E-state index contributed by atoms with van der Waals surface area (Å²) < 4.78 is 10.8.